The van der Waals surface area contributed by atoms with E-state index in [2.05, 4.69) is 118 Å². The van der Waals surface area contributed by atoms with E-state index < -0.39 is 65.2 Å². The van der Waals surface area contributed by atoms with Gasteiger partial charge in [0.05, 0.1) is 36.7 Å². The van der Waals surface area contributed by atoms with Crippen LogP contribution in [-0.4, -0.2) is 279 Å². The lowest BCUT2D eigenvalue weighted by molar-refractivity contribution is -0.142. The molecule has 38 nitrogen and oxygen atoms in total. The van der Waals surface area contributed by atoms with Gasteiger partial charge in [-0.2, -0.15) is 0 Å². The monoisotopic (exact) mass is 2230 g/mol. The quantitative estimate of drug-likeness (QED) is 0.0167. The molecule has 0 spiro atoms. The van der Waals surface area contributed by atoms with Crippen LogP contribution in [-0.2, 0) is 57.5 Å². The summed E-state index contributed by atoms with van der Waals surface area (Å²) >= 11 is 10.7. The number of aliphatic hydroxyl groups is 3. The number of amides is 11. The predicted octanol–water partition coefficient (Wildman–Crippen LogP) is 12.5. The number of hydrogen-bond donors (Lipinski definition) is 14. The maximum absolute atomic E-state index is 13.9. The van der Waals surface area contributed by atoms with Crippen molar-refractivity contribution in [2.24, 2.45) is 35.3 Å². The first-order valence-corrected chi connectivity index (χ1v) is 56.5. The molecule has 0 radical (unpaired) electrons. The summed E-state index contributed by atoms with van der Waals surface area (Å²) in [4.78, 5) is 162. The molecule has 8 heterocycles. The Balaban J connectivity index is 0.000000181. The minimum Gasteiger partial charge on any atom is -0.480 e. The number of hydrogen-bond acceptors (Lipinski definition) is 30. The Morgan fingerprint density at radius 2 is 0.578 bits per heavy atom. The minimum atomic E-state index is -0.824. The van der Waals surface area contributed by atoms with Gasteiger partial charge in [-0.3, -0.25) is 57.5 Å². The summed E-state index contributed by atoms with van der Waals surface area (Å²) in [5.74, 6) is -2.27. The zero-order chi connectivity index (χ0) is 105. The van der Waals surface area contributed by atoms with Crippen molar-refractivity contribution in [2.75, 3.05) is 86.9 Å². The Hall–Kier alpha value is -10.5. The lowest BCUT2D eigenvalue weighted by Gasteiger charge is -2.35. The number of alkyl halides is 2. The summed E-state index contributed by atoms with van der Waals surface area (Å²) < 4.78 is 16.1. The molecule has 4 saturated heterocycles. The van der Waals surface area contributed by atoms with Crippen molar-refractivity contribution < 1.29 is 78.0 Å². The van der Waals surface area contributed by atoms with E-state index in [0.29, 0.717) is 120 Å². The van der Waals surface area contributed by atoms with E-state index in [1.807, 2.05) is 133 Å². The first-order valence-electron chi connectivity index (χ1n) is 51.5. The fraction of sp³-hybridized carbons (Fsp3) is 0.573. The fourth-order valence-electron chi connectivity index (χ4n) is 20.0. The van der Waals surface area contributed by atoms with Gasteiger partial charge in [0.1, 0.15) is 89.9 Å². The molecule has 4 aliphatic carbocycles. The fourth-order valence-corrected chi connectivity index (χ4v) is 22.5. The molecule has 4 aromatic carbocycles. The van der Waals surface area contributed by atoms with Crippen LogP contribution < -0.4 is 53.6 Å². The molecule has 8 fully saturated rings. The van der Waals surface area contributed by atoms with Gasteiger partial charge < -0.3 is 93.6 Å². The van der Waals surface area contributed by atoms with Crippen LogP contribution in [0.25, 0.3) is 45.0 Å². The molecule has 798 valence electrons. The second-order valence-electron chi connectivity index (χ2n) is 38.2. The van der Waals surface area contributed by atoms with Gasteiger partial charge in [-0.25, -0.2) is 0 Å². The highest BCUT2D eigenvalue weighted by atomic mass is 79.9. The smallest absolute Gasteiger partial charge is 0.316 e. The molecule has 4 saturated carbocycles. The van der Waals surface area contributed by atoms with Crippen molar-refractivity contribution in [1.29, 1.82) is 0 Å². The van der Waals surface area contributed by atoms with E-state index in [9.17, 15) is 57.5 Å². The average molecular weight is 2230 g/mol. The van der Waals surface area contributed by atoms with Gasteiger partial charge in [0.25, 0.3) is 0 Å². The number of halogens is 2. The number of nitrogens with two attached hydrogens (primary N) is 1. The number of carbonyl (C=O) groups is 12. The number of aliphatic hydroxyl groups excluding tert-OH is 3. The van der Waals surface area contributed by atoms with E-state index >= 15 is 0 Å². The normalized spacial score (nSPS) is 19.7. The molecular formula is C103H142Br2N22O16S4. The Labute approximate surface area is 892 Å². The van der Waals surface area contributed by atoms with Crippen LogP contribution in [0.3, 0.4) is 0 Å². The van der Waals surface area contributed by atoms with Crippen LogP contribution in [0.4, 0.5) is 20.0 Å². The first-order chi connectivity index (χ1) is 71.1. The van der Waals surface area contributed by atoms with Gasteiger partial charge in [-0.15, -0.1) is 20.4 Å². The third-order valence-electron chi connectivity index (χ3n) is 28.0. The number of carboxylic acids is 1. The summed E-state index contributed by atoms with van der Waals surface area (Å²) in [5.41, 5.74) is 10.8. The third-order valence-corrected chi connectivity index (χ3v) is 31.4. The number of aliphatic carboxylic acids is 1. The number of nitrogens with one attached hydrogen (secondary N) is 9. The number of anilines is 4. The zero-order valence-corrected chi connectivity index (χ0v) is 90.6. The van der Waals surface area contributed by atoms with E-state index in [0.717, 1.165) is 192 Å². The number of nitrogens with zero attached hydrogens (tertiary/aromatic N) is 12. The predicted molar refractivity (Wildman–Crippen MR) is 576 cm³/mol. The van der Waals surface area contributed by atoms with Gasteiger partial charge in [0, 0.05) is 120 Å². The SMILES string of the molecule is CC(Br)C(=O)N[C@H](C(=O)N1CCC[C@H]1C(=O)Nc1snnc1-c1ccccc1)C1CCCCC1.CC(Br)C(=O)O.C[C@@H](NCCO)C(=O)N[C@H](C(=O)N1CCC[C@H]1C(=O)Nc1snnc1-c1ccccc1)C1CCCCC1.C[C@H](C(=O)N1CCC[C@H]1C(=O)Nc1snnc1-c1ccccc1)C1CCCCC1.C[C@H](NCCO)C(=O)N[C@H](C(=O)N1CCC[C@H]1C(=O)Nc1snnc1-c1ccccc1)C1CCCCC1.NCCO. The molecule has 2 unspecified atom stereocenters. The van der Waals surface area contributed by atoms with E-state index in [1.165, 1.54) is 30.8 Å². The lowest BCUT2D eigenvalue weighted by Crippen LogP contribution is -2.58. The summed E-state index contributed by atoms with van der Waals surface area (Å²) in [6, 6.07) is 33.1. The minimum absolute atomic E-state index is 0.00588. The molecule has 16 rings (SSSR count). The highest BCUT2D eigenvalue weighted by molar-refractivity contribution is 9.10. The van der Waals surface area contributed by atoms with Crippen molar-refractivity contribution >= 4 is 169 Å². The highest BCUT2D eigenvalue weighted by Crippen LogP contribution is 2.40. The molecule has 0 bridgehead atoms. The number of carbonyl (C=O) groups excluding carboxylic acids is 11. The number of likely N-dealkylation sites (tertiary alicyclic amines) is 4. The van der Waals surface area contributed by atoms with Crippen molar-refractivity contribution in [2.45, 2.75) is 278 Å². The average Bonchev–Trinajstić information content (AvgIpc) is 1.07. The van der Waals surface area contributed by atoms with E-state index in [4.69, 9.17) is 26.2 Å². The van der Waals surface area contributed by atoms with Crippen LogP contribution in [0.5, 0.6) is 0 Å². The summed E-state index contributed by atoms with van der Waals surface area (Å²) in [5, 5.41) is 79.6. The maximum Gasteiger partial charge on any atom is 0.316 e. The number of aromatic nitrogens is 8. The molecule has 12 atom stereocenters. The van der Waals surface area contributed by atoms with Gasteiger partial charge in [-0.05, 0) is 154 Å². The molecule has 11 amide bonds. The van der Waals surface area contributed by atoms with Crippen LogP contribution in [0.2, 0.25) is 0 Å². The molecule has 147 heavy (non-hydrogen) atoms. The second-order valence-corrected chi connectivity index (χ2v) is 44.0. The molecular weight excluding hydrogens is 2090 g/mol. The van der Waals surface area contributed by atoms with Crippen molar-refractivity contribution in [1.82, 2.24) is 84.5 Å². The Morgan fingerprint density at radius 3 is 0.810 bits per heavy atom. The maximum atomic E-state index is 13.9. The summed E-state index contributed by atoms with van der Waals surface area (Å²) in [6.07, 6.45) is 26.3. The standard InChI is InChI=1S/2C26H36N6O4S.C24H30BrN5O3S.C22H28N4O2S.C3H5BrO2.C2H7NO/c2*1-17(27-14-16-33)23(34)28-22(19-11-6-3-7-12-19)26(36)32-15-8-13-20(32)24(35)29-25-21(30-31-37-25)18-9-4-2-5-10-18;1-15(25)21(31)26-20(17-11-6-3-7-12-17)24(33)30-14-8-13-18(30)22(32)27-23-19(28-29-34-23)16-9-4-2-5-10-16;1-15(16-9-4-2-5-10-16)22(28)26-14-8-13-18(26)20(27)23-21-19(24-25-29-21)17-11-6-3-7-12-17;1-2(4)3(5)6;3-1-2-4/h2*2,4-5,9-10,17,19-20,22,27,33H,3,6-8,11-16H2,1H3,(H,28,34)(H,29,35);2,4-5,9-10,15,17-18,20H,3,6-8,11-14H2,1H3,(H,26,31)(H,27,32);3,6-7,11-12,15-16,18H,2,4-5,8-10,13-14H2,1H3,(H,23,27);2H,1H3,(H,5,6);4H,1-3H2/t17-,20+,22+;17-,20-,22-;15?,18-,20-;15-,18-;;/m1000../s1. The highest BCUT2D eigenvalue weighted by Gasteiger charge is 2.47. The Morgan fingerprint density at radius 1 is 0.340 bits per heavy atom. The number of rotatable bonds is 34. The van der Waals surface area contributed by atoms with Crippen molar-refractivity contribution in [3.63, 3.8) is 0 Å². The van der Waals surface area contributed by atoms with Crippen molar-refractivity contribution in [3.8, 4) is 45.0 Å². The van der Waals surface area contributed by atoms with E-state index in [-0.39, 0.29) is 113 Å². The summed E-state index contributed by atoms with van der Waals surface area (Å²) in [7, 11) is 0. The Bertz CT molecular complexity index is 5310. The van der Waals surface area contributed by atoms with Gasteiger partial charge in [-0.1, -0.05) is 255 Å². The topological polar surface area (TPSA) is 536 Å². The van der Waals surface area contributed by atoms with Crippen LogP contribution in [0.1, 0.15) is 214 Å². The Kier molecular flexibility index (Phi) is 48.4. The number of carboxylic acid groups (broad SMARTS) is 1. The summed E-state index contributed by atoms with van der Waals surface area (Å²) in [6.45, 7) is 11.8. The molecule has 8 aliphatic rings. The molecule has 8 aromatic rings. The third kappa shape index (κ3) is 34.0. The lowest BCUT2D eigenvalue weighted by atomic mass is 9.80. The molecule has 4 aromatic heterocycles. The van der Waals surface area contributed by atoms with Crippen LogP contribution in [0, 0.1) is 29.6 Å². The second kappa shape index (κ2) is 61.0. The molecule has 15 N–H and O–H groups in total. The molecule has 44 heteroatoms. The van der Waals surface area contributed by atoms with Crippen molar-refractivity contribution in [3.05, 3.63) is 121 Å². The zero-order valence-electron chi connectivity index (χ0n) is 84.2. The van der Waals surface area contributed by atoms with Crippen LogP contribution in [0.15, 0.2) is 121 Å². The largest absolute Gasteiger partial charge is 0.480 e. The number of benzene rings is 4. The van der Waals surface area contributed by atoms with Gasteiger partial charge in [0.2, 0.25) is 65.0 Å². The van der Waals surface area contributed by atoms with Gasteiger partial charge >= 0.3 is 5.97 Å². The van der Waals surface area contributed by atoms with Gasteiger partial charge in [0.15, 0.2) is 0 Å². The van der Waals surface area contributed by atoms with E-state index in [1.54, 1.807) is 42.4 Å². The molecule has 4 aliphatic heterocycles. The van der Waals surface area contributed by atoms with Crippen LogP contribution >= 0.6 is 78.0 Å². The first kappa shape index (κ1) is 117.